The first kappa shape index (κ1) is 11.5. The zero-order valence-electron chi connectivity index (χ0n) is 9.30. The van der Waals surface area contributed by atoms with Gasteiger partial charge in [-0.1, -0.05) is 6.07 Å². The zero-order valence-corrected chi connectivity index (χ0v) is 9.30. The van der Waals surface area contributed by atoms with Crippen LogP contribution in [0.5, 0.6) is 11.6 Å². The molecule has 0 amide bonds. The molecule has 4 heteroatoms. The molecule has 17 heavy (non-hydrogen) atoms. The maximum absolute atomic E-state index is 12.9. The highest BCUT2D eigenvalue weighted by Gasteiger charge is 2.03. The minimum atomic E-state index is -0.564. The summed E-state index contributed by atoms with van der Waals surface area (Å²) < 4.78 is 18.3. The molecule has 3 nitrogen and oxygen atoms in total. The van der Waals surface area contributed by atoms with Crippen molar-refractivity contribution in [3.05, 3.63) is 54.0 Å². The number of pyridine rings is 1. The lowest BCUT2D eigenvalue weighted by molar-refractivity contribution is 0.198. The second kappa shape index (κ2) is 4.93. The third kappa shape index (κ3) is 3.01. The van der Waals surface area contributed by atoms with Crippen LogP contribution >= 0.6 is 0 Å². The number of aliphatic hydroxyl groups excluding tert-OH is 1. The van der Waals surface area contributed by atoms with Crippen LogP contribution in [0.3, 0.4) is 0 Å². The number of aliphatic hydroxyl groups is 1. The maximum Gasteiger partial charge on any atom is 0.219 e. The van der Waals surface area contributed by atoms with Crippen LogP contribution in [0.25, 0.3) is 0 Å². The summed E-state index contributed by atoms with van der Waals surface area (Å²) in [6, 6.07) is 9.18. The smallest absolute Gasteiger partial charge is 0.219 e. The van der Waals surface area contributed by atoms with Gasteiger partial charge in [0.1, 0.15) is 11.6 Å². The number of nitrogens with zero attached hydrogens (tertiary/aromatic N) is 1. The number of ether oxygens (including phenoxy) is 1. The van der Waals surface area contributed by atoms with Crippen molar-refractivity contribution in [1.29, 1.82) is 0 Å². The Bertz CT molecular complexity index is 497. The molecule has 0 fully saturated rings. The number of rotatable bonds is 3. The van der Waals surface area contributed by atoms with E-state index in [1.807, 2.05) is 0 Å². The summed E-state index contributed by atoms with van der Waals surface area (Å²) in [6.07, 6.45) is 0.963. The Morgan fingerprint density at radius 1 is 1.29 bits per heavy atom. The Morgan fingerprint density at radius 3 is 2.71 bits per heavy atom. The van der Waals surface area contributed by atoms with E-state index in [1.54, 1.807) is 31.2 Å². The second-order valence-corrected chi connectivity index (χ2v) is 3.67. The quantitative estimate of drug-likeness (QED) is 0.885. The maximum atomic E-state index is 12.9. The average Bonchev–Trinajstić information content (AvgIpc) is 2.29. The van der Waals surface area contributed by atoms with Gasteiger partial charge >= 0.3 is 0 Å². The lowest BCUT2D eigenvalue weighted by Gasteiger charge is -2.07. The molecule has 0 bridgehead atoms. The van der Waals surface area contributed by atoms with Crippen LogP contribution in [0.2, 0.25) is 0 Å². The molecular weight excluding hydrogens is 221 g/mol. The van der Waals surface area contributed by atoms with Crippen molar-refractivity contribution in [1.82, 2.24) is 4.98 Å². The van der Waals surface area contributed by atoms with Crippen molar-refractivity contribution in [3.8, 4) is 11.6 Å². The molecule has 88 valence electrons. The molecule has 0 aliphatic carbocycles. The van der Waals surface area contributed by atoms with Gasteiger partial charge < -0.3 is 9.84 Å². The van der Waals surface area contributed by atoms with Crippen LogP contribution in [0.1, 0.15) is 18.6 Å². The first-order chi connectivity index (χ1) is 8.15. The summed E-state index contributed by atoms with van der Waals surface area (Å²) in [7, 11) is 0. The standard InChI is InChI=1S/C13H12FNO2/c1-9(16)10-5-6-13(15-8-10)17-12-4-2-3-11(14)7-12/h2-9,16H,1H3/t9-/m1/s1. The average molecular weight is 233 g/mol. The van der Waals surface area contributed by atoms with Gasteiger partial charge in [-0.3, -0.25) is 0 Å². The van der Waals surface area contributed by atoms with Gasteiger partial charge in [-0.05, 0) is 30.7 Å². The predicted octanol–water partition coefficient (Wildman–Crippen LogP) is 3.07. The SMILES string of the molecule is C[C@@H](O)c1ccc(Oc2cccc(F)c2)nc1. The molecule has 2 rings (SSSR count). The van der Waals surface area contributed by atoms with E-state index in [0.717, 1.165) is 0 Å². The van der Waals surface area contributed by atoms with Crippen LogP contribution in [0.4, 0.5) is 4.39 Å². The highest BCUT2D eigenvalue weighted by molar-refractivity contribution is 5.28. The minimum Gasteiger partial charge on any atom is -0.439 e. The Kier molecular flexibility index (Phi) is 3.35. The van der Waals surface area contributed by atoms with Gasteiger partial charge in [-0.2, -0.15) is 0 Å². The van der Waals surface area contributed by atoms with E-state index in [1.165, 1.54) is 18.3 Å². The van der Waals surface area contributed by atoms with E-state index in [0.29, 0.717) is 17.2 Å². The van der Waals surface area contributed by atoms with E-state index in [9.17, 15) is 9.50 Å². The number of aromatic nitrogens is 1. The fourth-order valence-electron chi connectivity index (χ4n) is 1.35. The Hall–Kier alpha value is -1.94. The number of halogens is 1. The highest BCUT2D eigenvalue weighted by atomic mass is 19.1. The molecule has 1 atom stereocenters. The zero-order chi connectivity index (χ0) is 12.3. The summed E-state index contributed by atoms with van der Waals surface area (Å²) in [6.45, 7) is 1.66. The van der Waals surface area contributed by atoms with Crippen LogP contribution < -0.4 is 4.74 Å². The number of hydrogen-bond acceptors (Lipinski definition) is 3. The van der Waals surface area contributed by atoms with Crippen LogP contribution in [-0.2, 0) is 0 Å². The highest BCUT2D eigenvalue weighted by Crippen LogP contribution is 2.21. The first-order valence-electron chi connectivity index (χ1n) is 5.22. The van der Waals surface area contributed by atoms with E-state index in [-0.39, 0.29) is 5.82 Å². The molecule has 1 N–H and O–H groups in total. The summed E-state index contributed by atoms with van der Waals surface area (Å²) in [5.41, 5.74) is 0.705. The lowest BCUT2D eigenvalue weighted by Crippen LogP contribution is -1.93. The van der Waals surface area contributed by atoms with Crippen molar-refractivity contribution >= 4 is 0 Å². The van der Waals surface area contributed by atoms with E-state index in [2.05, 4.69) is 4.98 Å². The summed E-state index contributed by atoms with van der Waals surface area (Å²) in [4.78, 5) is 4.02. The molecule has 0 aliphatic rings. The third-order valence-electron chi connectivity index (χ3n) is 2.26. The molecule has 0 unspecified atom stereocenters. The monoisotopic (exact) mass is 233 g/mol. The van der Waals surface area contributed by atoms with Crippen molar-refractivity contribution in [2.75, 3.05) is 0 Å². The fourth-order valence-corrected chi connectivity index (χ4v) is 1.35. The minimum absolute atomic E-state index is 0.358. The van der Waals surface area contributed by atoms with Crippen molar-refractivity contribution in [3.63, 3.8) is 0 Å². The molecule has 0 saturated heterocycles. The molecule has 1 aromatic heterocycles. The largest absolute Gasteiger partial charge is 0.439 e. The third-order valence-corrected chi connectivity index (χ3v) is 2.26. The summed E-state index contributed by atoms with van der Waals surface area (Å²) >= 11 is 0. The lowest BCUT2D eigenvalue weighted by atomic mass is 10.2. The molecule has 1 aromatic carbocycles. The number of hydrogen-bond donors (Lipinski definition) is 1. The van der Waals surface area contributed by atoms with Crippen molar-refractivity contribution < 1.29 is 14.2 Å². The summed E-state index contributed by atoms with van der Waals surface area (Å²) in [5, 5.41) is 9.31. The molecule has 0 aliphatic heterocycles. The normalized spacial score (nSPS) is 12.2. The Balaban J connectivity index is 2.14. The van der Waals surface area contributed by atoms with Gasteiger partial charge in [-0.15, -0.1) is 0 Å². The van der Waals surface area contributed by atoms with E-state index >= 15 is 0 Å². The van der Waals surface area contributed by atoms with Gasteiger partial charge in [0.05, 0.1) is 6.10 Å². The van der Waals surface area contributed by atoms with E-state index in [4.69, 9.17) is 4.74 Å². The van der Waals surface area contributed by atoms with Crippen LogP contribution in [0, 0.1) is 5.82 Å². The van der Waals surface area contributed by atoms with Crippen molar-refractivity contribution in [2.24, 2.45) is 0 Å². The topological polar surface area (TPSA) is 42.4 Å². The molecule has 2 aromatic rings. The van der Waals surface area contributed by atoms with Gasteiger partial charge in [0, 0.05) is 18.3 Å². The van der Waals surface area contributed by atoms with Crippen molar-refractivity contribution in [2.45, 2.75) is 13.0 Å². The second-order valence-electron chi connectivity index (χ2n) is 3.67. The Morgan fingerprint density at radius 2 is 2.12 bits per heavy atom. The molecule has 0 saturated carbocycles. The van der Waals surface area contributed by atoms with E-state index < -0.39 is 6.10 Å². The van der Waals surface area contributed by atoms with Gasteiger partial charge in [-0.25, -0.2) is 9.37 Å². The van der Waals surface area contributed by atoms with Gasteiger partial charge in [0.25, 0.3) is 0 Å². The van der Waals surface area contributed by atoms with Crippen LogP contribution in [0.15, 0.2) is 42.6 Å². The van der Waals surface area contributed by atoms with Gasteiger partial charge in [0.15, 0.2) is 0 Å². The predicted molar refractivity (Wildman–Crippen MR) is 61.3 cm³/mol. The number of benzene rings is 1. The first-order valence-corrected chi connectivity index (χ1v) is 5.22. The van der Waals surface area contributed by atoms with Gasteiger partial charge in [0.2, 0.25) is 5.88 Å². The van der Waals surface area contributed by atoms with Crippen LogP contribution in [-0.4, -0.2) is 10.1 Å². The molecular formula is C13H12FNO2. The molecule has 1 heterocycles. The fraction of sp³-hybridized carbons (Fsp3) is 0.154. The molecule has 0 spiro atoms. The Labute approximate surface area is 98.5 Å². The summed E-state index contributed by atoms with van der Waals surface area (Å²) in [5.74, 6) is 0.394. The molecule has 0 radical (unpaired) electrons.